The lowest BCUT2D eigenvalue weighted by Crippen LogP contribution is -2.36. The predicted octanol–water partition coefficient (Wildman–Crippen LogP) is 1.01. The number of hydrogen-bond donors (Lipinski definition) is 2. The Morgan fingerprint density at radius 1 is 1.43 bits per heavy atom. The highest BCUT2D eigenvalue weighted by molar-refractivity contribution is 5.98. The van der Waals surface area contributed by atoms with Crippen LogP contribution in [0.2, 0.25) is 0 Å². The van der Waals surface area contributed by atoms with Crippen molar-refractivity contribution in [2.75, 3.05) is 10.6 Å². The fraction of sp³-hybridized carbons (Fsp3) is 0.231. The van der Waals surface area contributed by atoms with Gasteiger partial charge in [0, 0.05) is 12.1 Å². The molecule has 0 saturated carbocycles. The van der Waals surface area contributed by atoms with Crippen LogP contribution in [0.1, 0.15) is 6.42 Å². The Labute approximate surface area is 119 Å². The Morgan fingerprint density at radius 2 is 2.19 bits per heavy atom. The Kier molecular flexibility index (Phi) is 3.35. The van der Waals surface area contributed by atoms with Crippen molar-refractivity contribution in [2.45, 2.75) is 13.0 Å². The summed E-state index contributed by atoms with van der Waals surface area (Å²) < 4.78 is 14.3. The number of aromatic nitrogens is 3. The van der Waals surface area contributed by atoms with E-state index in [-0.39, 0.29) is 24.1 Å². The first-order chi connectivity index (χ1) is 10.1. The van der Waals surface area contributed by atoms with Gasteiger partial charge in [-0.2, -0.15) is 10.1 Å². The molecule has 0 saturated heterocycles. The van der Waals surface area contributed by atoms with Crippen LogP contribution in [0.4, 0.5) is 16.0 Å². The summed E-state index contributed by atoms with van der Waals surface area (Å²) in [5.74, 6) is -1.08. The fourth-order valence-corrected chi connectivity index (χ4v) is 2.12. The van der Waals surface area contributed by atoms with Crippen LogP contribution in [0.15, 0.2) is 30.6 Å². The lowest BCUT2D eigenvalue weighted by molar-refractivity contribution is -0.125. The van der Waals surface area contributed by atoms with E-state index in [1.165, 1.54) is 35.3 Å². The number of carbonyl (C=O) groups is 2. The van der Waals surface area contributed by atoms with E-state index >= 15 is 0 Å². The number of benzene rings is 1. The normalized spacial score (nSPS) is 17.0. The van der Waals surface area contributed by atoms with Gasteiger partial charge in [-0.25, -0.2) is 9.07 Å². The zero-order valence-corrected chi connectivity index (χ0v) is 10.9. The summed E-state index contributed by atoms with van der Waals surface area (Å²) >= 11 is 0. The molecule has 2 amide bonds. The Bertz CT molecular complexity index is 682. The van der Waals surface area contributed by atoms with Gasteiger partial charge in [-0.3, -0.25) is 14.9 Å². The molecule has 1 aliphatic heterocycles. The smallest absolute Gasteiger partial charge is 0.232 e. The molecule has 0 fully saturated rings. The number of halogens is 1. The molecule has 1 unspecified atom stereocenters. The highest BCUT2D eigenvalue weighted by Gasteiger charge is 2.29. The van der Waals surface area contributed by atoms with E-state index in [2.05, 4.69) is 20.7 Å². The van der Waals surface area contributed by atoms with Crippen LogP contribution in [0, 0.1) is 11.7 Å². The highest BCUT2D eigenvalue weighted by Crippen LogP contribution is 2.19. The average Bonchev–Trinajstić information content (AvgIpc) is 2.89. The van der Waals surface area contributed by atoms with Crippen LogP contribution < -0.4 is 10.6 Å². The quantitative estimate of drug-likeness (QED) is 0.882. The summed E-state index contributed by atoms with van der Waals surface area (Å²) in [6.45, 7) is 0.304. The Morgan fingerprint density at radius 3 is 2.95 bits per heavy atom. The second-order valence-electron chi connectivity index (χ2n) is 4.71. The van der Waals surface area contributed by atoms with Crippen molar-refractivity contribution in [2.24, 2.45) is 5.92 Å². The van der Waals surface area contributed by atoms with E-state index < -0.39 is 5.92 Å². The van der Waals surface area contributed by atoms with Gasteiger partial charge in [-0.05, 0) is 24.3 Å². The number of fused-ring (bicyclic) bond motifs is 1. The molecule has 21 heavy (non-hydrogen) atoms. The molecule has 2 N–H and O–H groups in total. The summed E-state index contributed by atoms with van der Waals surface area (Å²) in [6.07, 6.45) is 1.36. The number of nitrogens with zero attached hydrogens (tertiary/aromatic N) is 3. The van der Waals surface area contributed by atoms with Crippen molar-refractivity contribution in [3.8, 4) is 0 Å². The molecule has 1 atom stereocenters. The van der Waals surface area contributed by atoms with E-state index in [4.69, 9.17) is 0 Å². The van der Waals surface area contributed by atoms with Crippen molar-refractivity contribution < 1.29 is 14.0 Å². The van der Waals surface area contributed by atoms with Crippen LogP contribution in [-0.2, 0) is 16.1 Å². The molecule has 0 aliphatic carbocycles. The molecular weight excluding hydrogens is 277 g/mol. The van der Waals surface area contributed by atoms with Gasteiger partial charge in [-0.15, -0.1) is 0 Å². The topological polar surface area (TPSA) is 88.9 Å². The first-order valence-corrected chi connectivity index (χ1v) is 6.36. The second kappa shape index (κ2) is 5.31. The Hall–Kier alpha value is -2.77. The minimum atomic E-state index is -0.514. The molecule has 0 radical (unpaired) electrons. The van der Waals surface area contributed by atoms with Crippen molar-refractivity contribution in [3.63, 3.8) is 0 Å². The maximum Gasteiger partial charge on any atom is 0.232 e. The largest absolute Gasteiger partial charge is 0.326 e. The van der Waals surface area contributed by atoms with Crippen LogP contribution in [0.25, 0.3) is 0 Å². The average molecular weight is 289 g/mol. The first kappa shape index (κ1) is 13.2. The third-order valence-electron chi connectivity index (χ3n) is 3.17. The van der Waals surface area contributed by atoms with Gasteiger partial charge < -0.3 is 5.32 Å². The number of anilines is 2. The highest BCUT2D eigenvalue weighted by atomic mass is 19.1. The van der Waals surface area contributed by atoms with E-state index in [9.17, 15) is 14.0 Å². The molecule has 7 nitrogen and oxygen atoms in total. The van der Waals surface area contributed by atoms with Crippen LogP contribution >= 0.6 is 0 Å². The van der Waals surface area contributed by atoms with Crippen molar-refractivity contribution in [1.29, 1.82) is 0 Å². The van der Waals surface area contributed by atoms with Gasteiger partial charge in [-0.1, -0.05) is 0 Å². The van der Waals surface area contributed by atoms with Gasteiger partial charge in [0.1, 0.15) is 12.1 Å². The maximum absolute atomic E-state index is 12.8. The Balaban J connectivity index is 1.62. The van der Waals surface area contributed by atoms with Crippen molar-refractivity contribution >= 4 is 23.5 Å². The number of amides is 2. The minimum Gasteiger partial charge on any atom is -0.326 e. The lowest BCUT2D eigenvalue weighted by atomic mass is 10.0. The number of carbonyl (C=O) groups excluding carboxylic acids is 2. The van der Waals surface area contributed by atoms with Gasteiger partial charge in [0.25, 0.3) is 0 Å². The zero-order chi connectivity index (χ0) is 14.8. The van der Waals surface area contributed by atoms with Gasteiger partial charge in [0.05, 0.1) is 12.5 Å². The third-order valence-corrected chi connectivity index (χ3v) is 3.17. The number of nitrogens with one attached hydrogen (secondary N) is 2. The molecule has 0 spiro atoms. The summed E-state index contributed by atoms with van der Waals surface area (Å²) in [4.78, 5) is 27.7. The molecule has 8 heteroatoms. The summed E-state index contributed by atoms with van der Waals surface area (Å²) in [6, 6.07) is 5.43. The van der Waals surface area contributed by atoms with Gasteiger partial charge in [0.2, 0.25) is 17.8 Å². The molecule has 1 aromatic carbocycles. The molecule has 0 bridgehead atoms. The minimum absolute atomic E-state index is 0.0164. The SMILES string of the molecule is O=C(CC1Cn2ncnc2NC1=O)Nc1ccc(F)cc1. The monoisotopic (exact) mass is 289 g/mol. The van der Waals surface area contributed by atoms with Crippen LogP contribution in [-0.4, -0.2) is 26.6 Å². The third kappa shape index (κ3) is 2.88. The summed E-state index contributed by atoms with van der Waals surface area (Å²) in [5, 5.41) is 9.17. The van der Waals surface area contributed by atoms with Gasteiger partial charge >= 0.3 is 0 Å². The summed E-state index contributed by atoms with van der Waals surface area (Å²) in [5.41, 5.74) is 0.485. The van der Waals surface area contributed by atoms with Gasteiger partial charge in [0.15, 0.2) is 0 Å². The molecule has 2 heterocycles. The molecule has 3 rings (SSSR count). The summed E-state index contributed by atoms with van der Waals surface area (Å²) in [7, 11) is 0. The molecule has 1 aromatic heterocycles. The zero-order valence-electron chi connectivity index (χ0n) is 10.9. The van der Waals surface area contributed by atoms with E-state index in [0.29, 0.717) is 18.2 Å². The number of rotatable bonds is 3. The number of hydrogen-bond acceptors (Lipinski definition) is 4. The van der Waals surface area contributed by atoms with E-state index in [1.807, 2.05) is 0 Å². The maximum atomic E-state index is 12.8. The van der Waals surface area contributed by atoms with Crippen molar-refractivity contribution in [3.05, 3.63) is 36.4 Å². The first-order valence-electron chi connectivity index (χ1n) is 6.36. The van der Waals surface area contributed by atoms with Crippen LogP contribution in [0.5, 0.6) is 0 Å². The van der Waals surface area contributed by atoms with E-state index in [1.54, 1.807) is 0 Å². The van der Waals surface area contributed by atoms with Crippen molar-refractivity contribution in [1.82, 2.24) is 14.8 Å². The molecule has 1 aliphatic rings. The van der Waals surface area contributed by atoms with Crippen LogP contribution in [0.3, 0.4) is 0 Å². The predicted molar refractivity (Wildman–Crippen MR) is 71.8 cm³/mol. The second-order valence-corrected chi connectivity index (χ2v) is 4.71. The standard InChI is InChI=1S/C13H12FN5O2/c14-9-1-3-10(4-2-9)17-11(20)5-8-6-19-13(15-7-16-19)18-12(8)21/h1-4,7-8H,5-6H2,(H,17,20)(H,15,16,18,21). The molecule has 2 aromatic rings. The van der Waals surface area contributed by atoms with E-state index in [0.717, 1.165) is 0 Å². The molecule has 108 valence electrons. The molecular formula is C13H12FN5O2. The fourth-order valence-electron chi connectivity index (χ4n) is 2.12. The lowest BCUT2D eigenvalue weighted by Gasteiger charge is -2.21.